The molecule has 0 amide bonds. The molecule has 0 aliphatic carbocycles. The van der Waals surface area contributed by atoms with E-state index in [0.29, 0.717) is 6.54 Å². The lowest BCUT2D eigenvalue weighted by molar-refractivity contribution is 0.786. The molecule has 1 aromatic heterocycles. The molecule has 1 atom stereocenters. The van der Waals surface area contributed by atoms with Crippen LogP contribution in [0, 0.1) is 0 Å². The van der Waals surface area contributed by atoms with Gasteiger partial charge in [0.15, 0.2) is 0 Å². The van der Waals surface area contributed by atoms with Gasteiger partial charge in [-0.2, -0.15) is 0 Å². The van der Waals surface area contributed by atoms with E-state index < -0.39 is 0 Å². The number of nitrogens with zero attached hydrogens (tertiary/aromatic N) is 2. The van der Waals surface area contributed by atoms with E-state index in [1.165, 1.54) is 16.6 Å². The first-order valence-corrected chi connectivity index (χ1v) is 7.03. The van der Waals surface area contributed by atoms with Crippen LogP contribution in [0.15, 0.2) is 54.9 Å². The summed E-state index contributed by atoms with van der Waals surface area (Å²) >= 11 is 0. The molecule has 0 aliphatic rings. The quantitative estimate of drug-likeness (QED) is 0.787. The lowest BCUT2D eigenvalue weighted by Gasteiger charge is -2.16. The predicted octanol–water partition coefficient (Wildman–Crippen LogP) is 3.15. The number of fused-ring (bicyclic) bond motifs is 1. The van der Waals surface area contributed by atoms with Gasteiger partial charge in [0.25, 0.3) is 0 Å². The highest BCUT2D eigenvalue weighted by Gasteiger charge is 2.13. The minimum absolute atomic E-state index is 0.229. The summed E-state index contributed by atoms with van der Waals surface area (Å²) < 4.78 is 2.15. The first kappa shape index (κ1) is 12.9. The highest BCUT2D eigenvalue weighted by molar-refractivity contribution is 5.76. The topological polar surface area (TPSA) is 43.8 Å². The monoisotopic (exact) mass is 265 g/mol. The SMILES string of the molecule is CCn1cnc2cc(C(CN)c3ccccc3)ccc21. The number of nitrogens with two attached hydrogens (primary N) is 1. The van der Waals surface area contributed by atoms with Crippen LogP contribution < -0.4 is 5.73 Å². The first-order valence-electron chi connectivity index (χ1n) is 7.03. The summed E-state index contributed by atoms with van der Waals surface area (Å²) in [6.07, 6.45) is 1.90. The Labute approximate surface area is 119 Å². The number of rotatable bonds is 4. The van der Waals surface area contributed by atoms with E-state index in [2.05, 4.69) is 58.9 Å². The third kappa shape index (κ3) is 2.21. The molecule has 1 unspecified atom stereocenters. The Morgan fingerprint density at radius 1 is 1.10 bits per heavy atom. The van der Waals surface area contributed by atoms with Crippen molar-refractivity contribution < 1.29 is 0 Å². The zero-order valence-electron chi connectivity index (χ0n) is 11.7. The summed E-state index contributed by atoms with van der Waals surface area (Å²) in [5.74, 6) is 0.229. The summed E-state index contributed by atoms with van der Waals surface area (Å²) in [7, 11) is 0. The lowest BCUT2D eigenvalue weighted by Crippen LogP contribution is -2.13. The zero-order chi connectivity index (χ0) is 13.9. The van der Waals surface area contributed by atoms with Crippen LogP contribution in [0.1, 0.15) is 24.0 Å². The first-order chi connectivity index (χ1) is 9.83. The average molecular weight is 265 g/mol. The van der Waals surface area contributed by atoms with Crippen LogP contribution in [-0.2, 0) is 6.54 Å². The van der Waals surface area contributed by atoms with Gasteiger partial charge in [-0.15, -0.1) is 0 Å². The molecule has 0 saturated heterocycles. The van der Waals surface area contributed by atoms with Crippen molar-refractivity contribution in [1.29, 1.82) is 0 Å². The average Bonchev–Trinajstić information content (AvgIpc) is 2.91. The van der Waals surface area contributed by atoms with E-state index in [-0.39, 0.29) is 5.92 Å². The van der Waals surface area contributed by atoms with E-state index in [9.17, 15) is 0 Å². The van der Waals surface area contributed by atoms with Gasteiger partial charge in [-0.1, -0.05) is 36.4 Å². The van der Waals surface area contributed by atoms with Crippen molar-refractivity contribution in [2.45, 2.75) is 19.4 Å². The summed E-state index contributed by atoms with van der Waals surface area (Å²) in [6, 6.07) is 16.9. The third-order valence-electron chi connectivity index (χ3n) is 3.83. The van der Waals surface area contributed by atoms with Crippen LogP contribution in [0.2, 0.25) is 0 Å². The van der Waals surface area contributed by atoms with Gasteiger partial charge < -0.3 is 10.3 Å². The Hall–Kier alpha value is -2.13. The molecule has 2 N–H and O–H groups in total. The van der Waals surface area contributed by atoms with Crippen LogP contribution >= 0.6 is 0 Å². The maximum atomic E-state index is 5.99. The second kappa shape index (κ2) is 5.47. The Morgan fingerprint density at radius 2 is 1.90 bits per heavy atom. The van der Waals surface area contributed by atoms with Gasteiger partial charge in [-0.05, 0) is 30.2 Å². The van der Waals surface area contributed by atoms with Gasteiger partial charge in [-0.25, -0.2) is 4.98 Å². The molecule has 102 valence electrons. The number of imidazole rings is 1. The normalized spacial score (nSPS) is 12.7. The lowest BCUT2D eigenvalue weighted by atomic mass is 9.91. The molecule has 3 rings (SSSR count). The van der Waals surface area contributed by atoms with Crippen molar-refractivity contribution in [2.24, 2.45) is 5.73 Å². The molecule has 0 fully saturated rings. The Balaban J connectivity index is 2.04. The van der Waals surface area contributed by atoms with E-state index in [0.717, 1.165) is 12.1 Å². The summed E-state index contributed by atoms with van der Waals surface area (Å²) in [6.45, 7) is 3.67. The predicted molar refractivity (Wildman–Crippen MR) is 82.7 cm³/mol. The van der Waals surface area contributed by atoms with Crippen LogP contribution in [0.4, 0.5) is 0 Å². The molecule has 1 heterocycles. The molecular formula is C17H19N3. The van der Waals surface area contributed by atoms with Crippen molar-refractivity contribution in [2.75, 3.05) is 6.54 Å². The van der Waals surface area contributed by atoms with Gasteiger partial charge in [0, 0.05) is 19.0 Å². The molecule has 2 aromatic carbocycles. The number of benzene rings is 2. The molecule has 20 heavy (non-hydrogen) atoms. The number of aromatic nitrogens is 2. The van der Waals surface area contributed by atoms with Gasteiger partial charge >= 0.3 is 0 Å². The molecule has 3 heteroatoms. The second-order valence-corrected chi connectivity index (χ2v) is 4.98. The van der Waals surface area contributed by atoms with Crippen molar-refractivity contribution >= 4 is 11.0 Å². The Morgan fingerprint density at radius 3 is 2.60 bits per heavy atom. The maximum Gasteiger partial charge on any atom is 0.0958 e. The van der Waals surface area contributed by atoms with Crippen molar-refractivity contribution in [3.05, 3.63) is 66.0 Å². The smallest absolute Gasteiger partial charge is 0.0958 e. The fourth-order valence-corrected chi connectivity index (χ4v) is 2.70. The minimum Gasteiger partial charge on any atom is -0.331 e. The molecule has 0 saturated carbocycles. The molecule has 0 aliphatic heterocycles. The van der Waals surface area contributed by atoms with E-state index >= 15 is 0 Å². The van der Waals surface area contributed by atoms with Gasteiger partial charge in [-0.3, -0.25) is 0 Å². The van der Waals surface area contributed by atoms with Crippen molar-refractivity contribution in [1.82, 2.24) is 9.55 Å². The molecule has 0 bridgehead atoms. The van der Waals surface area contributed by atoms with Crippen molar-refractivity contribution in [3.8, 4) is 0 Å². The van der Waals surface area contributed by atoms with E-state index in [1.54, 1.807) is 0 Å². The van der Waals surface area contributed by atoms with Gasteiger partial charge in [0.05, 0.1) is 17.4 Å². The van der Waals surface area contributed by atoms with Gasteiger partial charge in [0.2, 0.25) is 0 Å². The zero-order valence-corrected chi connectivity index (χ0v) is 11.7. The van der Waals surface area contributed by atoms with E-state index in [1.807, 2.05) is 12.4 Å². The maximum absolute atomic E-state index is 5.99. The number of hydrogen-bond acceptors (Lipinski definition) is 2. The van der Waals surface area contributed by atoms with Crippen LogP contribution in [0.5, 0.6) is 0 Å². The Bertz CT molecular complexity index is 701. The minimum atomic E-state index is 0.229. The number of aryl methyl sites for hydroxylation is 1. The summed E-state index contributed by atoms with van der Waals surface area (Å²) in [5, 5.41) is 0. The molecule has 3 aromatic rings. The standard InChI is InChI=1S/C17H19N3/c1-2-20-12-19-16-10-14(8-9-17(16)20)15(11-18)13-6-4-3-5-7-13/h3-10,12,15H,2,11,18H2,1H3. The van der Waals surface area contributed by atoms with Crippen molar-refractivity contribution in [3.63, 3.8) is 0 Å². The fourth-order valence-electron chi connectivity index (χ4n) is 2.70. The highest BCUT2D eigenvalue weighted by atomic mass is 15.0. The number of hydrogen-bond donors (Lipinski definition) is 1. The molecule has 0 radical (unpaired) electrons. The van der Waals surface area contributed by atoms with Crippen LogP contribution in [0.25, 0.3) is 11.0 Å². The largest absolute Gasteiger partial charge is 0.331 e. The third-order valence-corrected chi connectivity index (χ3v) is 3.83. The highest BCUT2D eigenvalue weighted by Crippen LogP contribution is 2.26. The second-order valence-electron chi connectivity index (χ2n) is 4.98. The van der Waals surface area contributed by atoms with Crippen LogP contribution in [0.3, 0.4) is 0 Å². The van der Waals surface area contributed by atoms with Crippen LogP contribution in [-0.4, -0.2) is 16.1 Å². The Kier molecular flexibility index (Phi) is 3.52. The summed E-state index contributed by atoms with van der Waals surface area (Å²) in [4.78, 5) is 4.48. The molecule has 3 nitrogen and oxygen atoms in total. The van der Waals surface area contributed by atoms with E-state index in [4.69, 9.17) is 5.73 Å². The fraction of sp³-hybridized carbons (Fsp3) is 0.235. The van der Waals surface area contributed by atoms with Gasteiger partial charge in [0.1, 0.15) is 0 Å². The molecule has 0 spiro atoms. The summed E-state index contributed by atoms with van der Waals surface area (Å²) in [5.41, 5.74) is 10.7. The molecular weight excluding hydrogens is 246 g/mol.